The number of nitrogens with zero attached hydrogens (tertiary/aromatic N) is 1. The van der Waals surface area contributed by atoms with Gasteiger partial charge >= 0.3 is 5.97 Å². The molecule has 0 aromatic heterocycles. The molecule has 7 nitrogen and oxygen atoms in total. The minimum atomic E-state index is -3.66. The van der Waals surface area contributed by atoms with Gasteiger partial charge in [0, 0.05) is 18.2 Å². The molecule has 1 atom stereocenters. The van der Waals surface area contributed by atoms with Crippen molar-refractivity contribution in [3.05, 3.63) is 65.7 Å². The van der Waals surface area contributed by atoms with Crippen molar-refractivity contribution < 1.29 is 22.7 Å². The Hall–Kier alpha value is -2.71. The van der Waals surface area contributed by atoms with Crippen molar-refractivity contribution in [2.24, 2.45) is 0 Å². The summed E-state index contributed by atoms with van der Waals surface area (Å²) in [4.78, 5) is 26.5. The van der Waals surface area contributed by atoms with Crippen molar-refractivity contribution in [3.8, 4) is 0 Å². The van der Waals surface area contributed by atoms with Gasteiger partial charge in [-0.25, -0.2) is 13.1 Å². The number of sulfonamides is 1. The van der Waals surface area contributed by atoms with E-state index in [9.17, 15) is 18.0 Å². The molecule has 1 amide bonds. The van der Waals surface area contributed by atoms with E-state index < -0.39 is 16.0 Å². The molecule has 162 valence electrons. The van der Waals surface area contributed by atoms with Crippen LogP contribution in [0, 0.1) is 0 Å². The van der Waals surface area contributed by atoms with Crippen molar-refractivity contribution in [1.82, 2.24) is 9.62 Å². The number of amides is 1. The number of hydrogen-bond acceptors (Lipinski definition) is 5. The third kappa shape index (κ3) is 6.67. The Balaban J connectivity index is 2.23. The smallest absolute Gasteiger partial charge is 0.325 e. The molecule has 0 saturated carbocycles. The third-order valence-corrected chi connectivity index (χ3v) is 6.11. The maximum atomic E-state index is 13.0. The summed E-state index contributed by atoms with van der Waals surface area (Å²) in [5, 5.41) is 0. The number of carbonyl (C=O) groups is 2. The van der Waals surface area contributed by atoms with Crippen molar-refractivity contribution in [2.75, 3.05) is 13.2 Å². The number of hydrogen-bond donors (Lipinski definition) is 1. The number of carbonyl (C=O) groups excluding carboxylic acids is 2. The van der Waals surface area contributed by atoms with Gasteiger partial charge in [0.1, 0.15) is 6.54 Å². The Morgan fingerprint density at radius 2 is 1.67 bits per heavy atom. The molecular weight excluding hydrogens is 404 g/mol. The van der Waals surface area contributed by atoms with E-state index in [0.717, 1.165) is 5.56 Å². The van der Waals surface area contributed by atoms with Crippen LogP contribution in [-0.4, -0.2) is 44.4 Å². The Labute approximate surface area is 178 Å². The maximum Gasteiger partial charge on any atom is 0.325 e. The molecule has 0 aliphatic heterocycles. The Bertz CT molecular complexity index is 943. The molecule has 0 heterocycles. The molecule has 0 aliphatic rings. The summed E-state index contributed by atoms with van der Waals surface area (Å²) in [6.07, 6.45) is 0.665. The number of benzene rings is 2. The van der Waals surface area contributed by atoms with E-state index in [1.165, 1.54) is 29.2 Å². The van der Waals surface area contributed by atoms with E-state index in [-0.39, 0.29) is 42.1 Å². The number of ether oxygens (including phenoxy) is 1. The highest BCUT2D eigenvalue weighted by molar-refractivity contribution is 7.89. The van der Waals surface area contributed by atoms with Crippen LogP contribution in [0.1, 0.15) is 43.1 Å². The minimum absolute atomic E-state index is 0.0827. The number of esters is 1. The lowest BCUT2D eigenvalue weighted by atomic mass is 10.1. The molecule has 2 aromatic carbocycles. The second kappa shape index (κ2) is 10.9. The van der Waals surface area contributed by atoms with Gasteiger partial charge in [0.2, 0.25) is 10.0 Å². The second-order valence-corrected chi connectivity index (χ2v) is 8.62. The Morgan fingerprint density at radius 1 is 1.03 bits per heavy atom. The molecule has 2 aromatic rings. The molecular formula is C22H28N2O5S. The van der Waals surface area contributed by atoms with Crippen LogP contribution in [0.15, 0.2) is 59.5 Å². The number of nitrogens with one attached hydrogen (secondary N) is 1. The summed E-state index contributed by atoms with van der Waals surface area (Å²) in [6.45, 7) is 5.63. The van der Waals surface area contributed by atoms with Crippen molar-refractivity contribution in [1.29, 1.82) is 0 Å². The highest BCUT2D eigenvalue weighted by Crippen LogP contribution is 2.15. The van der Waals surface area contributed by atoms with Crippen LogP contribution in [0.2, 0.25) is 0 Å². The van der Waals surface area contributed by atoms with Gasteiger partial charge in [-0.3, -0.25) is 9.59 Å². The lowest BCUT2D eigenvalue weighted by molar-refractivity contribution is -0.143. The first kappa shape index (κ1) is 23.6. The molecule has 0 bridgehead atoms. The van der Waals surface area contributed by atoms with Gasteiger partial charge in [-0.1, -0.05) is 37.3 Å². The molecule has 0 saturated heterocycles. The number of rotatable bonds is 10. The molecule has 0 radical (unpaired) electrons. The molecule has 30 heavy (non-hydrogen) atoms. The van der Waals surface area contributed by atoms with Crippen LogP contribution in [-0.2, 0) is 26.1 Å². The van der Waals surface area contributed by atoms with Gasteiger partial charge in [-0.15, -0.1) is 0 Å². The van der Waals surface area contributed by atoms with E-state index in [0.29, 0.717) is 6.42 Å². The summed E-state index contributed by atoms with van der Waals surface area (Å²) < 4.78 is 32.4. The van der Waals surface area contributed by atoms with Gasteiger partial charge in [0.25, 0.3) is 5.91 Å². The summed E-state index contributed by atoms with van der Waals surface area (Å²) in [6, 6.07) is 14.8. The normalized spacial score (nSPS) is 12.2. The molecule has 0 spiro atoms. The summed E-state index contributed by atoms with van der Waals surface area (Å²) in [7, 11) is -3.66. The van der Waals surface area contributed by atoms with Crippen LogP contribution in [0.3, 0.4) is 0 Å². The third-order valence-electron chi connectivity index (χ3n) is 4.51. The topological polar surface area (TPSA) is 92.8 Å². The van der Waals surface area contributed by atoms with Gasteiger partial charge < -0.3 is 9.64 Å². The van der Waals surface area contributed by atoms with Gasteiger partial charge in [-0.2, -0.15) is 0 Å². The average molecular weight is 433 g/mol. The van der Waals surface area contributed by atoms with Gasteiger partial charge in [-0.05, 0) is 50.1 Å². The summed E-state index contributed by atoms with van der Waals surface area (Å²) in [5.41, 5.74) is 1.16. The predicted molar refractivity (Wildman–Crippen MR) is 114 cm³/mol. The summed E-state index contributed by atoms with van der Waals surface area (Å²) >= 11 is 0. The standard InChI is InChI=1S/C22H28N2O5S/c1-4-17(3)23-30(27,28)20-13-11-19(12-14-20)22(26)24(16-21(25)29-5-2)15-18-9-7-6-8-10-18/h6-14,17,23H,4-5,15-16H2,1-3H3. The fourth-order valence-corrected chi connectivity index (χ4v) is 4.07. The zero-order valence-electron chi connectivity index (χ0n) is 17.5. The van der Waals surface area contributed by atoms with Gasteiger partial charge in [0.05, 0.1) is 11.5 Å². The van der Waals surface area contributed by atoms with E-state index in [4.69, 9.17) is 4.74 Å². The van der Waals surface area contributed by atoms with E-state index in [1.54, 1.807) is 13.8 Å². The van der Waals surface area contributed by atoms with Crippen molar-refractivity contribution in [2.45, 2.75) is 44.7 Å². The lowest BCUT2D eigenvalue weighted by Crippen LogP contribution is -2.36. The Morgan fingerprint density at radius 3 is 2.23 bits per heavy atom. The van der Waals surface area contributed by atoms with Crippen molar-refractivity contribution >= 4 is 21.9 Å². The second-order valence-electron chi connectivity index (χ2n) is 6.91. The van der Waals surface area contributed by atoms with Crippen molar-refractivity contribution in [3.63, 3.8) is 0 Å². The zero-order chi connectivity index (χ0) is 22.1. The predicted octanol–water partition coefficient (Wildman–Crippen LogP) is 2.97. The first-order valence-electron chi connectivity index (χ1n) is 9.88. The first-order valence-corrected chi connectivity index (χ1v) is 11.4. The van der Waals surface area contributed by atoms with Crippen LogP contribution < -0.4 is 4.72 Å². The van der Waals surface area contributed by atoms with Crippen LogP contribution >= 0.6 is 0 Å². The first-order chi connectivity index (χ1) is 14.3. The quantitative estimate of drug-likeness (QED) is 0.583. The maximum absolute atomic E-state index is 13.0. The molecule has 0 fully saturated rings. The fraction of sp³-hybridized carbons (Fsp3) is 0.364. The highest BCUT2D eigenvalue weighted by Gasteiger charge is 2.22. The minimum Gasteiger partial charge on any atom is -0.465 e. The van der Waals surface area contributed by atoms with Gasteiger partial charge in [0.15, 0.2) is 0 Å². The van der Waals surface area contributed by atoms with Crippen LogP contribution in [0.4, 0.5) is 0 Å². The fourth-order valence-electron chi connectivity index (χ4n) is 2.74. The van der Waals surface area contributed by atoms with E-state index in [1.807, 2.05) is 37.3 Å². The molecule has 0 aliphatic carbocycles. The highest BCUT2D eigenvalue weighted by atomic mass is 32.2. The largest absolute Gasteiger partial charge is 0.465 e. The SMILES string of the molecule is CCOC(=O)CN(Cc1ccccc1)C(=O)c1ccc(S(=O)(=O)NC(C)CC)cc1. The molecule has 1 unspecified atom stereocenters. The van der Waals surface area contributed by atoms with E-state index >= 15 is 0 Å². The van der Waals surface area contributed by atoms with Crippen LogP contribution in [0.25, 0.3) is 0 Å². The lowest BCUT2D eigenvalue weighted by Gasteiger charge is -2.22. The van der Waals surface area contributed by atoms with Crippen LogP contribution in [0.5, 0.6) is 0 Å². The summed E-state index contributed by atoms with van der Waals surface area (Å²) in [5.74, 6) is -0.885. The molecule has 2 rings (SSSR count). The Kier molecular flexibility index (Phi) is 8.56. The molecule has 8 heteroatoms. The zero-order valence-corrected chi connectivity index (χ0v) is 18.3. The average Bonchev–Trinajstić information content (AvgIpc) is 2.73. The molecule has 1 N–H and O–H groups in total. The monoisotopic (exact) mass is 432 g/mol. The van der Waals surface area contributed by atoms with E-state index in [2.05, 4.69) is 4.72 Å².